The molecule has 3 nitrogen and oxygen atoms in total. The average molecular weight is 318 g/mol. The molecule has 0 radical (unpaired) electrons. The Balaban J connectivity index is 2.40. The van der Waals surface area contributed by atoms with Crippen molar-refractivity contribution >= 4 is 0 Å². The Morgan fingerprint density at radius 3 is 2.00 bits per heavy atom. The number of benzene rings is 1. The standard InChI is InChI=1S/C20H35N3/c1-7-23(8-2)19(14-22-11-9-21-10-12-22)20-17(5)15(3)13-16(4)18(20)6/h13,19,21H,7-12,14H2,1-6H3. The highest BCUT2D eigenvalue weighted by atomic mass is 15.2. The van der Waals surface area contributed by atoms with Crippen LogP contribution in [0, 0.1) is 27.7 Å². The van der Waals surface area contributed by atoms with Crippen LogP contribution in [0.4, 0.5) is 0 Å². The van der Waals surface area contributed by atoms with Gasteiger partial charge in [0.05, 0.1) is 0 Å². The van der Waals surface area contributed by atoms with E-state index in [1.54, 1.807) is 5.56 Å². The molecule has 1 aromatic carbocycles. The van der Waals surface area contributed by atoms with Crippen molar-refractivity contribution in [3.63, 3.8) is 0 Å². The normalized spacial score (nSPS) is 17.7. The van der Waals surface area contributed by atoms with Gasteiger partial charge in [0.2, 0.25) is 0 Å². The lowest BCUT2D eigenvalue weighted by Gasteiger charge is -2.38. The Kier molecular flexibility index (Phi) is 6.63. The summed E-state index contributed by atoms with van der Waals surface area (Å²) < 4.78 is 0. The molecule has 1 unspecified atom stereocenters. The van der Waals surface area contributed by atoms with Crippen molar-refractivity contribution in [2.24, 2.45) is 0 Å². The molecule has 1 atom stereocenters. The molecule has 0 amide bonds. The number of rotatable bonds is 6. The highest BCUT2D eigenvalue weighted by Gasteiger charge is 2.26. The van der Waals surface area contributed by atoms with Gasteiger partial charge in [0.25, 0.3) is 0 Å². The van der Waals surface area contributed by atoms with E-state index in [9.17, 15) is 0 Å². The van der Waals surface area contributed by atoms with Gasteiger partial charge in [-0.25, -0.2) is 0 Å². The smallest absolute Gasteiger partial charge is 0.0480 e. The lowest BCUT2D eigenvalue weighted by atomic mass is 9.88. The summed E-state index contributed by atoms with van der Waals surface area (Å²) >= 11 is 0. The first-order valence-corrected chi connectivity index (χ1v) is 9.23. The molecule has 0 aliphatic carbocycles. The molecule has 0 bridgehead atoms. The van der Waals surface area contributed by atoms with Crippen LogP contribution in [0.15, 0.2) is 6.07 Å². The quantitative estimate of drug-likeness (QED) is 0.869. The molecule has 1 N–H and O–H groups in total. The molecule has 0 spiro atoms. The second kappa shape index (κ2) is 8.27. The Hall–Kier alpha value is -0.900. The first-order valence-electron chi connectivity index (χ1n) is 9.23. The number of hydrogen-bond acceptors (Lipinski definition) is 3. The third-order valence-corrected chi connectivity index (χ3v) is 5.65. The van der Waals surface area contributed by atoms with Gasteiger partial charge in [-0.1, -0.05) is 19.9 Å². The van der Waals surface area contributed by atoms with E-state index in [0.29, 0.717) is 6.04 Å². The fourth-order valence-corrected chi connectivity index (χ4v) is 3.94. The molecule has 1 aliphatic rings. The molecule has 3 heteroatoms. The van der Waals surface area contributed by atoms with Crippen molar-refractivity contribution in [1.29, 1.82) is 0 Å². The number of nitrogens with one attached hydrogen (secondary N) is 1. The van der Waals surface area contributed by atoms with E-state index in [1.165, 1.54) is 35.3 Å². The van der Waals surface area contributed by atoms with Crippen molar-refractivity contribution < 1.29 is 0 Å². The van der Waals surface area contributed by atoms with Gasteiger partial charge in [-0.15, -0.1) is 0 Å². The van der Waals surface area contributed by atoms with Gasteiger partial charge in [0.15, 0.2) is 0 Å². The van der Waals surface area contributed by atoms with Crippen LogP contribution >= 0.6 is 0 Å². The van der Waals surface area contributed by atoms with Crippen LogP contribution in [0.25, 0.3) is 0 Å². The number of nitrogens with zero attached hydrogens (tertiary/aromatic N) is 2. The number of hydrogen-bond donors (Lipinski definition) is 1. The van der Waals surface area contributed by atoms with Gasteiger partial charge < -0.3 is 5.32 Å². The molecule has 1 aliphatic heterocycles. The van der Waals surface area contributed by atoms with Gasteiger partial charge in [-0.2, -0.15) is 0 Å². The molecule has 0 aromatic heterocycles. The van der Waals surface area contributed by atoms with E-state index < -0.39 is 0 Å². The fraction of sp³-hybridized carbons (Fsp3) is 0.700. The monoisotopic (exact) mass is 317 g/mol. The van der Waals surface area contributed by atoms with Crippen LogP contribution in [0.5, 0.6) is 0 Å². The molecule has 0 saturated carbocycles. The van der Waals surface area contributed by atoms with Crippen molar-refractivity contribution in [1.82, 2.24) is 15.1 Å². The number of likely N-dealkylation sites (N-methyl/N-ethyl adjacent to an activating group) is 1. The van der Waals surface area contributed by atoms with E-state index in [2.05, 4.69) is 62.7 Å². The summed E-state index contributed by atoms with van der Waals surface area (Å²) in [5.41, 5.74) is 7.41. The third-order valence-electron chi connectivity index (χ3n) is 5.65. The highest BCUT2D eigenvalue weighted by molar-refractivity contribution is 5.46. The summed E-state index contributed by atoms with van der Waals surface area (Å²) in [6.07, 6.45) is 0. The third kappa shape index (κ3) is 4.14. The summed E-state index contributed by atoms with van der Waals surface area (Å²) in [6, 6.07) is 2.85. The Morgan fingerprint density at radius 1 is 1.00 bits per heavy atom. The summed E-state index contributed by atoms with van der Waals surface area (Å²) in [4.78, 5) is 5.27. The largest absolute Gasteiger partial charge is 0.314 e. The molecule has 130 valence electrons. The Labute approximate surface area is 143 Å². The van der Waals surface area contributed by atoms with Gasteiger partial charge in [0.1, 0.15) is 0 Å². The predicted octanol–water partition coefficient (Wildman–Crippen LogP) is 3.21. The molecule has 23 heavy (non-hydrogen) atoms. The Bertz CT molecular complexity index is 488. The molecular formula is C20H35N3. The minimum atomic E-state index is 0.502. The summed E-state index contributed by atoms with van der Waals surface area (Å²) in [7, 11) is 0. The van der Waals surface area contributed by atoms with E-state index in [-0.39, 0.29) is 0 Å². The van der Waals surface area contributed by atoms with Crippen LogP contribution in [-0.2, 0) is 0 Å². The zero-order valence-corrected chi connectivity index (χ0v) is 16.0. The molecular weight excluding hydrogens is 282 g/mol. The van der Waals surface area contributed by atoms with Crippen LogP contribution in [-0.4, -0.2) is 55.6 Å². The van der Waals surface area contributed by atoms with Crippen LogP contribution in [0.1, 0.15) is 47.7 Å². The van der Waals surface area contributed by atoms with E-state index >= 15 is 0 Å². The topological polar surface area (TPSA) is 18.5 Å². The van der Waals surface area contributed by atoms with E-state index in [4.69, 9.17) is 0 Å². The highest BCUT2D eigenvalue weighted by Crippen LogP contribution is 2.31. The average Bonchev–Trinajstić information content (AvgIpc) is 2.55. The van der Waals surface area contributed by atoms with Crippen LogP contribution in [0.3, 0.4) is 0 Å². The first-order chi connectivity index (χ1) is 11.0. The van der Waals surface area contributed by atoms with Gasteiger partial charge >= 0.3 is 0 Å². The molecule has 1 heterocycles. The molecule has 1 saturated heterocycles. The number of aryl methyl sites for hydroxylation is 2. The van der Waals surface area contributed by atoms with Crippen molar-refractivity contribution in [3.8, 4) is 0 Å². The van der Waals surface area contributed by atoms with Gasteiger partial charge in [-0.05, 0) is 68.6 Å². The van der Waals surface area contributed by atoms with E-state index in [1.807, 2.05) is 0 Å². The molecule has 2 rings (SSSR count). The number of piperazine rings is 1. The maximum Gasteiger partial charge on any atom is 0.0480 e. The fourth-order valence-electron chi connectivity index (χ4n) is 3.94. The molecule has 1 fully saturated rings. The molecule has 1 aromatic rings. The lowest BCUT2D eigenvalue weighted by molar-refractivity contribution is 0.137. The lowest BCUT2D eigenvalue weighted by Crippen LogP contribution is -2.47. The summed E-state index contributed by atoms with van der Waals surface area (Å²) in [5.74, 6) is 0. The second-order valence-corrected chi connectivity index (χ2v) is 6.96. The SMILES string of the molecule is CCN(CC)C(CN1CCNCC1)c1c(C)c(C)cc(C)c1C. The minimum absolute atomic E-state index is 0.502. The van der Waals surface area contributed by atoms with Crippen LogP contribution < -0.4 is 5.32 Å². The summed E-state index contributed by atoms with van der Waals surface area (Å²) in [5, 5.41) is 3.47. The summed E-state index contributed by atoms with van der Waals surface area (Å²) in [6.45, 7) is 21.7. The van der Waals surface area contributed by atoms with Gasteiger partial charge in [-0.3, -0.25) is 9.80 Å². The van der Waals surface area contributed by atoms with Crippen molar-refractivity contribution in [3.05, 3.63) is 33.9 Å². The van der Waals surface area contributed by atoms with Crippen molar-refractivity contribution in [2.75, 3.05) is 45.8 Å². The van der Waals surface area contributed by atoms with E-state index in [0.717, 1.165) is 32.7 Å². The first kappa shape index (κ1) is 18.4. The zero-order chi connectivity index (χ0) is 17.0. The maximum atomic E-state index is 3.47. The maximum absolute atomic E-state index is 3.47. The van der Waals surface area contributed by atoms with Gasteiger partial charge in [0, 0.05) is 38.8 Å². The van der Waals surface area contributed by atoms with Crippen molar-refractivity contribution in [2.45, 2.75) is 47.6 Å². The van der Waals surface area contributed by atoms with Crippen LogP contribution in [0.2, 0.25) is 0 Å². The minimum Gasteiger partial charge on any atom is -0.314 e. The zero-order valence-electron chi connectivity index (χ0n) is 16.0. The Morgan fingerprint density at radius 2 is 1.52 bits per heavy atom. The predicted molar refractivity (Wildman–Crippen MR) is 100 cm³/mol. The second-order valence-electron chi connectivity index (χ2n) is 6.96.